The van der Waals surface area contributed by atoms with E-state index in [1.54, 1.807) is 0 Å². The Kier molecular flexibility index (Phi) is 3.34. The largest absolute Gasteiger partial charge is 0.416 e. The van der Waals surface area contributed by atoms with Crippen molar-refractivity contribution < 1.29 is 21.6 Å². The smallest absolute Gasteiger partial charge is 0.225 e. The minimum atomic E-state index is -4.45. The molecule has 0 atom stereocenters. The van der Waals surface area contributed by atoms with Gasteiger partial charge in [0, 0.05) is 0 Å². The van der Waals surface area contributed by atoms with Gasteiger partial charge in [0.15, 0.2) is 0 Å². The first-order valence-corrected chi connectivity index (χ1v) is 7.70. The Labute approximate surface area is 112 Å². The van der Waals surface area contributed by atoms with Crippen molar-refractivity contribution >= 4 is 31.4 Å². The van der Waals surface area contributed by atoms with Crippen LogP contribution in [0.1, 0.15) is 19.4 Å². The second-order valence-corrected chi connectivity index (χ2v) is 7.96. The van der Waals surface area contributed by atoms with Gasteiger partial charge in [0.05, 0.1) is 21.0 Å². The molecule has 0 saturated carbocycles. The quantitative estimate of drug-likeness (QED) is 0.853. The molecule has 1 heterocycles. The van der Waals surface area contributed by atoms with Crippen LogP contribution in [0.5, 0.6) is 0 Å². The second-order valence-electron chi connectivity index (χ2n) is 4.25. The first-order chi connectivity index (χ1) is 8.62. The van der Waals surface area contributed by atoms with Crippen LogP contribution in [-0.4, -0.2) is 18.7 Å². The lowest BCUT2D eigenvalue weighted by Gasteiger charge is -2.04. The highest BCUT2D eigenvalue weighted by molar-refractivity contribution is 7.94. The summed E-state index contributed by atoms with van der Waals surface area (Å²) in [6, 6.07) is 3.01. The predicted octanol–water partition coefficient (Wildman–Crippen LogP) is 3.50. The lowest BCUT2D eigenvalue weighted by molar-refractivity contribution is -0.137. The zero-order valence-electron chi connectivity index (χ0n) is 10.0. The van der Waals surface area contributed by atoms with E-state index in [4.69, 9.17) is 0 Å². The van der Waals surface area contributed by atoms with E-state index in [0.29, 0.717) is 0 Å². The van der Waals surface area contributed by atoms with E-state index in [9.17, 15) is 21.6 Å². The average molecular weight is 309 g/mol. The summed E-state index contributed by atoms with van der Waals surface area (Å²) in [5.41, 5.74) is -0.547. The van der Waals surface area contributed by atoms with E-state index >= 15 is 0 Å². The van der Waals surface area contributed by atoms with E-state index in [1.807, 2.05) is 0 Å². The van der Waals surface area contributed by atoms with Crippen LogP contribution in [0, 0.1) is 0 Å². The van der Waals surface area contributed by atoms with Crippen molar-refractivity contribution in [3.63, 3.8) is 0 Å². The standard InChI is InChI=1S/C11H10F3NO2S2/c1-6(2)19(16,17)10-15-8-4-3-7(11(12,13)14)5-9(8)18-10/h3-6H,1-2H3. The molecule has 8 heteroatoms. The first kappa shape index (κ1) is 14.3. The molecule has 0 aliphatic heterocycles. The number of halogens is 3. The number of fused-ring (bicyclic) bond motifs is 1. The third-order valence-electron chi connectivity index (χ3n) is 2.56. The maximum absolute atomic E-state index is 12.6. The van der Waals surface area contributed by atoms with Gasteiger partial charge in [-0.25, -0.2) is 13.4 Å². The van der Waals surface area contributed by atoms with Crippen LogP contribution in [0.3, 0.4) is 0 Å². The molecule has 0 saturated heterocycles. The summed E-state index contributed by atoms with van der Waals surface area (Å²) in [4.78, 5) is 3.89. The van der Waals surface area contributed by atoms with Gasteiger partial charge in [-0.15, -0.1) is 11.3 Å². The molecule has 19 heavy (non-hydrogen) atoms. The SMILES string of the molecule is CC(C)S(=O)(=O)c1nc2ccc(C(F)(F)F)cc2s1. The molecule has 0 radical (unpaired) electrons. The molecule has 104 valence electrons. The number of hydrogen-bond donors (Lipinski definition) is 0. The van der Waals surface area contributed by atoms with Crippen molar-refractivity contribution in [2.24, 2.45) is 0 Å². The minimum absolute atomic E-state index is 0.142. The van der Waals surface area contributed by atoms with E-state index in [1.165, 1.54) is 19.9 Å². The Morgan fingerprint density at radius 2 is 1.89 bits per heavy atom. The highest BCUT2D eigenvalue weighted by atomic mass is 32.2. The predicted molar refractivity (Wildman–Crippen MR) is 66.9 cm³/mol. The molecule has 1 aromatic carbocycles. The lowest BCUT2D eigenvalue weighted by atomic mass is 10.2. The van der Waals surface area contributed by atoms with E-state index < -0.39 is 26.8 Å². The lowest BCUT2D eigenvalue weighted by Crippen LogP contribution is -2.13. The molecule has 3 nitrogen and oxygen atoms in total. The minimum Gasteiger partial charge on any atom is -0.225 e. The molecular weight excluding hydrogens is 299 g/mol. The number of sulfone groups is 1. The number of hydrogen-bond acceptors (Lipinski definition) is 4. The Bertz CT molecular complexity index is 717. The monoisotopic (exact) mass is 309 g/mol. The Morgan fingerprint density at radius 3 is 2.42 bits per heavy atom. The molecule has 1 aromatic heterocycles. The summed E-state index contributed by atoms with van der Waals surface area (Å²) in [7, 11) is -3.56. The molecular formula is C11H10F3NO2S2. The summed E-state index contributed by atoms with van der Waals surface area (Å²) in [5, 5.41) is -0.657. The Hall–Kier alpha value is -1.15. The molecule has 0 amide bonds. The van der Waals surface area contributed by atoms with Gasteiger partial charge < -0.3 is 0 Å². The fraction of sp³-hybridized carbons (Fsp3) is 0.364. The molecule has 0 aliphatic rings. The number of rotatable bonds is 2. The van der Waals surface area contributed by atoms with Crippen molar-refractivity contribution in [1.29, 1.82) is 0 Å². The molecule has 0 N–H and O–H groups in total. The second kappa shape index (κ2) is 4.45. The molecule has 0 aliphatic carbocycles. The number of benzene rings is 1. The summed E-state index contributed by atoms with van der Waals surface area (Å²) in [6.45, 7) is 3.01. The van der Waals surface area contributed by atoms with Crippen molar-refractivity contribution in [3.8, 4) is 0 Å². The third kappa shape index (κ3) is 2.59. The van der Waals surface area contributed by atoms with Gasteiger partial charge in [0.1, 0.15) is 0 Å². The van der Waals surface area contributed by atoms with Crippen LogP contribution in [0.4, 0.5) is 13.2 Å². The highest BCUT2D eigenvalue weighted by Crippen LogP contribution is 2.34. The summed E-state index contributed by atoms with van der Waals surface area (Å²) < 4.78 is 61.5. The van der Waals surface area contributed by atoms with Crippen molar-refractivity contribution in [2.45, 2.75) is 29.6 Å². The van der Waals surface area contributed by atoms with Crippen molar-refractivity contribution in [2.75, 3.05) is 0 Å². The topological polar surface area (TPSA) is 47.0 Å². The van der Waals surface area contributed by atoms with E-state index in [2.05, 4.69) is 4.98 Å². The van der Waals surface area contributed by atoms with Crippen LogP contribution < -0.4 is 0 Å². The van der Waals surface area contributed by atoms with Crippen molar-refractivity contribution in [3.05, 3.63) is 23.8 Å². The number of thiazole rings is 1. The maximum Gasteiger partial charge on any atom is 0.416 e. The number of nitrogens with zero attached hydrogens (tertiary/aromatic N) is 1. The summed E-state index contributed by atoms with van der Waals surface area (Å²) in [5.74, 6) is 0. The fourth-order valence-corrected chi connectivity index (χ4v) is 4.08. The van der Waals surface area contributed by atoms with Crippen LogP contribution >= 0.6 is 11.3 Å². The summed E-state index contributed by atoms with van der Waals surface area (Å²) >= 11 is 0.764. The average Bonchev–Trinajstić information content (AvgIpc) is 2.70. The van der Waals surface area contributed by atoms with Crippen LogP contribution in [0.2, 0.25) is 0 Å². The zero-order valence-corrected chi connectivity index (χ0v) is 11.7. The van der Waals surface area contributed by atoms with E-state index in [0.717, 1.165) is 23.5 Å². The van der Waals surface area contributed by atoms with Crippen molar-refractivity contribution in [1.82, 2.24) is 4.98 Å². The zero-order chi connectivity index (χ0) is 14.4. The molecule has 0 bridgehead atoms. The summed E-state index contributed by atoms with van der Waals surface area (Å²) in [6.07, 6.45) is -4.45. The first-order valence-electron chi connectivity index (χ1n) is 5.34. The normalized spacial score (nSPS) is 13.4. The molecule has 0 fully saturated rings. The van der Waals surface area contributed by atoms with Gasteiger partial charge in [-0.3, -0.25) is 0 Å². The van der Waals surface area contributed by atoms with Crippen LogP contribution in [-0.2, 0) is 16.0 Å². The van der Waals surface area contributed by atoms with Crippen LogP contribution in [0.25, 0.3) is 10.2 Å². The van der Waals surface area contributed by atoms with E-state index in [-0.39, 0.29) is 14.6 Å². The Morgan fingerprint density at radius 1 is 1.26 bits per heavy atom. The molecule has 0 spiro atoms. The van der Waals surface area contributed by atoms with Gasteiger partial charge in [0.25, 0.3) is 0 Å². The number of alkyl halides is 3. The highest BCUT2D eigenvalue weighted by Gasteiger charge is 2.31. The molecule has 0 unspecified atom stereocenters. The van der Waals surface area contributed by atoms with Gasteiger partial charge in [-0.1, -0.05) is 0 Å². The van der Waals surface area contributed by atoms with Gasteiger partial charge in [-0.05, 0) is 32.0 Å². The van der Waals surface area contributed by atoms with Crippen LogP contribution in [0.15, 0.2) is 22.5 Å². The molecule has 2 rings (SSSR count). The maximum atomic E-state index is 12.6. The third-order valence-corrected chi connectivity index (χ3v) is 6.14. The van der Waals surface area contributed by atoms with Gasteiger partial charge >= 0.3 is 6.18 Å². The Balaban J connectivity index is 2.60. The number of aromatic nitrogens is 1. The van der Waals surface area contributed by atoms with Gasteiger partial charge in [0.2, 0.25) is 14.2 Å². The van der Waals surface area contributed by atoms with Gasteiger partial charge in [-0.2, -0.15) is 13.2 Å². The fourth-order valence-electron chi connectivity index (χ4n) is 1.40. The molecule has 2 aromatic rings.